The Balaban J connectivity index is 2.05. The lowest BCUT2D eigenvalue weighted by Gasteiger charge is -2.08. The van der Waals surface area contributed by atoms with E-state index in [9.17, 15) is 5.11 Å². The number of hydrogen-bond donors (Lipinski definition) is 1. The highest BCUT2D eigenvalue weighted by Gasteiger charge is 2.42. The number of fused-ring (bicyclic) bond motifs is 1. The van der Waals surface area contributed by atoms with Crippen molar-refractivity contribution in [3.63, 3.8) is 0 Å². The molecule has 2 aliphatic rings. The Labute approximate surface area is 77.2 Å². The van der Waals surface area contributed by atoms with Crippen LogP contribution in [0, 0.1) is 0 Å². The largest absolute Gasteiger partial charge is 0.493 e. The highest BCUT2D eigenvalue weighted by molar-refractivity contribution is 5.42. The van der Waals surface area contributed by atoms with E-state index in [0.717, 1.165) is 37.2 Å². The van der Waals surface area contributed by atoms with Gasteiger partial charge in [0, 0.05) is 6.42 Å². The van der Waals surface area contributed by atoms with Gasteiger partial charge in [0.05, 0.1) is 12.2 Å². The predicted octanol–water partition coefficient (Wildman–Crippen LogP) is 1.60. The molecule has 0 aromatic heterocycles. The lowest BCUT2D eigenvalue weighted by molar-refractivity contribution is 0.151. The van der Waals surface area contributed by atoms with Crippen LogP contribution in [0.5, 0.6) is 5.75 Å². The molecule has 0 radical (unpaired) electrons. The summed E-state index contributed by atoms with van der Waals surface area (Å²) in [6.45, 7) is 0.789. The normalized spacial score (nSPS) is 22.2. The first-order chi connectivity index (χ1) is 6.28. The molecule has 1 N–H and O–H groups in total. The van der Waals surface area contributed by atoms with E-state index in [1.54, 1.807) is 0 Å². The van der Waals surface area contributed by atoms with Crippen molar-refractivity contribution in [3.05, 3.63) is 29.3 Å². The summed E-state index contributed by atoms with van der Waals surface area (Å²) >= 11 is 0. The molecule has 1 aromatic rings. The smallest absolute Gasteiger partial charge is 0.122 e. The fourth-order valence-corrected chi connectivity index (χ4v) is 1.88. The van der Waals surface area contributed by atoms with E-state index < -0.39 is 5.60 Å². The minimum atomic E-state index is -0.502. The first-order valence-electron chi connectivity index (χ1n) is 4.77. The van der Waals surface area contributed by atoms with E-state index in [-0.39, 0.29) is 0 Å². The average Bonchev–Trinajstić information content (AvgIpc) is 2.74. The van der Waals surface area contributed by atoms with Crippen molar-refractivity contribution < 1.29 is 9.84 Å². The summed E-state index contributed by atoms with van der Waals surface area (Å²) in [5.74, 6) is 0.994. The van der Waals surface area contributed by atoms with Gasteiger partial charge in [0.15, 0.2) is 0 Å². The van der Waals surface area contributed by atoms with Gasteiger partial charge < -0.3 is 9.84 Å². The molecule has 3 rings (SSSR count). The number of benzene rings is 1. The third kappa shape index (κ3) is 1.05. The zero-order valence-corrected chi connectivity index (χ0v) is 7.42. The van der Waals surface area contributed by atoms with Gasteiger partial charge in [-0.25, -0.2) is 0 Å². The molecule has 1 heterocycles. The molecular weight excluding hydrogens is 164 g/mol. The third-order valence-corrected chi connectivity index (χ3v) is 2.95. The van der Waals surface area contributed by atoms with Crippen LogP contribution in [0.2, 0.25) is 0 Å². The second kappa shape index (κ2) is 2.26. The Morgan fingerprint density at radius 3 is 2.92 bits per heavy atom. The molecule has 1 fully saturated rings. The summed E-state index contributed by atoms with van der Waals surface area (Å²) < 4.78 is 5.40. The molecular formula is C11H12O2. The Hall–Kier alpha value is -1.02. The van der Waals surface area contributed by atoms with Crippen LogP contribution < -0.4 is 4.74 Å². The van der Waals surface area contributed by atoms with Gasteiger partial charge >= 0.3 is 0 Å². The molecule has 2 nitrogen and oxygen atoms in total. The van der Waals surface area contributed by atoms with E-state index in [2.05, 4.69) is 6.07 Å². The lowest BCUT2D eigenvalue weighted by atomic mass is 10.0. The van der Waals surface area contributed by atoms with Crippen LogP contribution in [0.3, 0.4) is 0 Å². The summed E-state index contributed by atoms with van der Waals surface area (Å²) in [7, 11) is 0. The molecule has 0 saturated heterocycles. The van der Waals surface area contributed by atoms with Crippen molar-refractivity contribution in [2.75, 3.05) is 6.61 Å². The van der Waals surface area contributed by atoms with Gasteiger partial charge in [-0.1, -0.05) is 6.07 Å². The number of ether oxygens (including phenoxy) is 1. The molecule has 1 aromatic carbocycles. The average molecular weight is 176 g/mol. The van der Waals surface area contributed by atoms with Gasteiger partial charge in [-0.05, 0) is 36.1 Å². The summed E-state index contributed by atoms with van der Waals surface area (Å²) in [6, 6.07) is 6.06. The molecule has 13 heavy (non-hydrogen) atoms. The van der Waals surface area contributed by atoms with E-state index in [1.807, 2.05) is 12.1 Å². The summed E-state index contributed by atoms with van der Waals surface area (Å²) in [4.78, 5) is 0. The van der Waals surface area contributed by atoms with Gasteiger partial charge in [-0.15, -0.1) is 0 Å². The maximum atomic E-state index is 9.89. The van der Waals surface area contributed by atoms with Crippen molar-refractivity contribution in [3.8, 4) is 5.75 Å². The Morgan fingerprint density at radius 2 is 2.15 bits per heavy atom. The van der Waals surface area contributed by atoms with E-state index in [0.29, 0.717) is 0 Å². The van der Waals surface area contributed by atoms with E-state index in [4.69, 9.17) is 4.74 Å². The summed E-state index contributed by atoms with van der Waals surface area (Å²) in [5.41, 5.74) is 1.81. The predicted molar refractivity (Wildman–Crippen MR) is 48.8 cm³/mol. The van der Waals surface area contributed by atoms with Crippen LogP contribution in [-0.4, -0.2) is 11.7 Å². The monoisotopic (exact) mass is 176 g/mol. The van der Waals surface area contributed by atoms with Crippen LogP contribution in [0.4, 0.5) is 0 Å². The molecule has 1 aliphatic carbocycles. The maximum Gasteiger partial charge on any atom is 0.122 e. The summed E-state index contributed by atoms with van der Waals surface area (Å²) in [5, 5.41) is 9.89. The van der Waals surface area contributed by atoms with Gasteiger partial charge in [-0.3, -0.25) is 0 Å². The van der Waals surface area contributed by atoms with Crippen molar-refractivity contribution >= 4 is 0 Å². The Morgan fingerprint density at radius 1 is 1.31 bits per heavy atom. The molecule has 1 aliphatic heterocycles. The van der Waals surface area contributed by atoms with Crippen LogP contribution in [0.25, 0.3) is 0 Å². The molecule has 2 heteroatoms. The lowest BCUT2D eigenvalue weighted by Crippen LogP contribution is -2.03. The van der Waals surface area contributed by atoms with Crippen LogP contribution in [0.15, 0.2) is 18.2 Å². The number of hydrogen-bond acceptors (Lipinski definition) is 2. The molecule has 0 unspecified atom stereocenters. The second-order valence-corrected chi connectivity index (χ2v) is 3.95. The van der Waals surface area contributed by atoms with Crippen molar-refractivity contribution in [1.82, 2.24) is 0 Å². The van der Waals surface area contributed by atoms with Gasteiger partial charge in [-0.2, -0.15) is 0 Å². The van der Waals surface area contributed by atoms with Gasteiger partial charge in [0.25, 0.3) is 0 Å². The second-order valence-electron chi connectivity index (χ2n) is 3.95. The van der Waals surface area contributed by atoms with Gasteiger partial charge in [0.2, 0.25) is 0 Å². The topological polar surface area (TPSA) is 29.5 Å². The molecule has 0 spiro atoms. The molecule has 68 valence electrons. The van der Waals surface area contributed by atoms with Gasteiger partial charge in [0.1, 0.15) is 5.75 Å². The van der Waals surface area contributed by atoms with Crippen molar-refractivity contribution in [2.45, 2.75) is 24.9 Å². The maximum absolute atomic E-state index is 9.89. The van der Waals surface area contributed by atoms with Crippen LogP contribution in [0.1, 0.15) is 24.0 Å². The number of aliphatic hydroxyl groups is 1. The first-order valence-corrected chi connectivity index (χ1v) is 4.77. The molecule has 0 amide bonds. The minimum absolute atomic E-state index is 0.502. The molecule has 1 saturated carbocycles. The standard InChI is InChI=1S/C11H12O2/c12-11(4-5-11)9-1-2-10-8(7-9)3-6-13-10/h1-2,7,12H,3-6H2. The third-order valence-electron chi connectivity index (χ3n) is 2.95. The fraction of sp³-hybridized carbons (Fsp3) is 0.455. The SMILES string of the molecule is OC1(c2ccc3c(c2)CCO3)CC1. The Kier molecular flexibility index (Phi) is 1.29. The van der Waals surface area contributed by atoms with Crippen molar-refractivity contribution in [1.29, 1.82) is 0 Å². The highest BCUT2D eigenvalue weighted by Crippen LogP contribution is 2.46. The van der Waals surface area contributed by atoms with Crippen LogP contribution in [-0.2, 0) is 12.0 Å². The van der Waals surface area contributed by atoms with Crippen LogP contribution >= 0.6 is 0 Å². The van der Waals surface area contributed by atoms with Crippen molar-refractivity contribution in [2.24, 2.45) is 0 Å². The fourth-order valence-electron chi connectivity index (χ4n) is 1.88. The molecule has 0 atom stereocenters. The highest BCUT2D eigenvalue weighted by atomic mass is 16.5. The van der Waals surface area contributed by atoms with E-state index in [1.165, 1.54) is 5.56 Å². The first kappa shape index (κ1) is 7.39. The van der Waals surface area contributed by atoms with E-state index >= 15 is 0 Å². The minimum Gasteiger partial charge on any atom is -0.493 e. The molecule has 0 bridgehead atoms. The number of rotatable bonds is 1. The summed E-state index contributed by atoms with van der Waals surface area (Å²) in [6.07, 6.45) is 2.80. The quantitative estimate of drug-likeness (QED) is 0.704. The zero-order valence-electron chi connectivity index (χ0n) is 7.42. The Bertz CT molecular complexity index is 353. The zero-order chi connectivity index (χ0) is 8.89.